The van der Waals surface area contributed by atoms with Crippen LogP contribution in [-0.2, 0) is 4.74 Å². The lowest BCUT2D eigenvalue weighted by Crippen LogP contribution is -2.22. The zero-order valence-corrected chi connectivity index (χ0v) is 12.5. The van der Waals surface area contributed by atoms with Crippen molar-refractivity contribution < 1.29 is 4.74 Å². The Morgan fingerprint density at radius 1 is 1.29 bits per heavy atom. The lowest BCUT2D eigenvalue weighted by molar-refractivity contribution is -0.00603. The van der Waals surface area contributed by atoms with Gasteiger partial charge in [0.25, 0.3) is 0 Å². The molecule has 0 spiro atoms. The van der Waals surface area contributed by atoms with Crippen LogP contribution in [0.1, 0.15) is 38.7 Å². The van der Waals surface area contributed by atoms with Crippen molar-refractivity contribution in [2.75, 3.05) is 13.2 Å². The minimum Gasteiger partial charge on any atom is -0.376 e. The molecule has 0 aliphatic heterocycles. The van der Waals surface area contributed by atoms with E-state index in [1.165, 1.54) is 5.56 Å². The molecule has 2 nitrogen and oxygen atoms in total. The summed E-state index contributed by atoms with van der Waals surface area (Å²) in [5, 5.41) is 0. The standard InChI is InChI=1S/C14H22BrNO/c1-14(2,3)17-9-8-11(10-16)12-6-4-5-7-13(12)15/h4-7,11H,8-10,16H2,1-3H3. The SMILES string of the molecule is CC(C)(C)OCCC(CN)c1ccccc1Br. The third-order valence-corrected chi connectivity index (χ3v) is 3.35. The van der Waals surface area contributed by atoms with E-state index in [1.54, 1.807) is 0 Å². The van der Waals surface area contributed by atoms with Crippen LogP contribution in [0.5, 0.6) is 0 Å². The molecule has 0 bridgehead atoms. The van der Waals surface area contributed by atoms with Crippen molar-refractivity contribution in [1.82, 2.24) is 0 Å². The summed E-state index contributed by atoms with van der Waals surface area (Å²) >= 11 is 3.57. The first-order valence-corrected chi connectivity index (χ1v) is 6.82. The molecule has 2 N–H and O–H groups in total. The highest BCUT2D eigenvalue weighted by atomic mass is 79.9. The molecule has 0 aliphatic rings. The van der Waals surface area contributed by atoms with E-state index in [1.807, 2.05) is 12.1 Å². The highest BCUT2D eigenvalue weighted by Crippen LogP contribution is 2.27. The van der Waals surface area contributed by atoms with E-state index in [0.29, 0.717) is 12.5 Å². The fourth-order valence-electron chi connectivity index (χ4n) is 1.71. The summed E-state index contributed by atoms with van der Waals surface area (Å²) in [7, 11) is 0. The van der Waals surface area contributed by atoms with Gasteiger partial charge in [0, 0.05) is 11.1 Å². The van der Waals surface area contributed by atoms with E-state index in [-0.39, 0.29) is 5.60 Å². The maximum absolute atomic E-state index is 5.85. The average Bonchev–Trinajstić information content (AvgIpc) is 2.24. The first kappa shape index (κ1) is 14.7. The van der Waals surface area contributed by atoms with E-state index in [9.17, 15) is 0 Å². The summed E-state index contributed by atoms with van der Waals surface area (Å²) in [4.78, 5) is 0. The number of nitrogens with two attached hydrogens (primary N) is 1. The second kappa shape index (κ2) is 6.53. The van der Waals surface area contributed by atoms with Crippen LogP contribution in [0.4, 0.5) is 0 Å². The van der Waals surface area contributed by atoms with Gasteiger partial charge in [0.05, 0.1) is 5.60 Å². The summed E-state index contributed by atoms with van der Waals surface area (Å²) in [5.74, 6) is 0.355. The summed E-state index contributed by atoms with van der Waals surface area (Å²) in [6.45, 7) is 7.61. The number of halogens is 1. The molecule has 1 rings (SSSR count). The fourth-order valence-corrected chi connectivity index (χ4v) is 2.32. The van der Waals surface area contributed by atoms with Gasteiger partial charge in [-0.05, 0) is 51.3 Å². The van der Waals surface area contributed by atoms with Gasteiger partial charge in [-0.1, -0.05) is 34.1 Å². The zero-order chi connectivity index (χ0) is 12.9. The lowest BCUT2D eigenvalue weighted by atomic mass is 9.96. The molecule has 1 aromatic carbocycles. The number of hydrogen-bond donors (Lipinski definition) is 1. The molecule has 0 radical (unpaired) electrons. The van der Waals surface area contributed by atoms with Crippen LogP contribution in [0, 0.1) is 0 Å². The molecule has 1 aromatic rings. The minimum absolute atomic E-state index is 0.0763. The van der Waals surface area contributed by atoms with Gasteiger partial charge in [-0.15, -0.1) is 0 Å². The van der Waals surface area contributed by atoms with Gasteiger partial charge in [-0.2, -0.15) is 0 Å². The number of ether oxygens (including phenoxy) is 1. The molecule has 17 heavy (non-hydrogen) atoms. The molecule has 96 valence electrons. The number of rotatable bonds is 5. The smallest absolute Gasteiger partial charge is 0.0598 e. The lowest BCUT2D eigenvalue weighted by Gasteiger charge is -2.22. The largest absolute Gasteiger partial charge is 0.376 e. The zero-order valence-electron chi connectivity index (χ0n) is 10.9. The van der Waals surface area contributed by atoms with E-state index < -0.39 is 0 Å². The predicted octanol–water partition coefficient (Wildman–Crippen LogP) is 3.70. The van der Waals surface area contributed by atoms with E-state index in [4.69, 9.17) is 10.5 Å². The fraction of sp³-hybridized carbons (Fsp3) is 0.571. The Bertz CT molecular complexity index is 346. The Morgan fingerprint density at radius 2 is 1.94 bits per heavy atom. The van der Waals surface area contributed by atoms with Crippen LogP contribution in [0.25, 0.3) is 0 Å². The first-order valence-electron chi connectivity index (χ1n) is 6.02. The van der Waals surface area contributed by atoms with Crippen LogP contribution in [0.15, 0.2) is 28.7 Å². The van der Waals surface area contributed by atoms with Crippen molar-refractivity contribution in [3.63, 3.8) is 0 Å². The van der Waals surface area contributed by atoms with E-state index in [2.05, 4.69) is 48.8 Å². The minimum atomic E-state index is -0.0763. The highest BCUT2D eigenvalue weighted by molar-refractivity contribution is 9.10. The number of hydrogen-bond acceptors (Lipinski definition) is 2. The average molecular weight is 300 g/mol. The van der Waals surface area contributed by atoms with Crippen LogP contribution < -0.4 is 5.73 Å². The molecule has 1 unspecified atom stereocenters. The Labute approximate surface area is 113 Å². The Balaban J connectivity index is 2.58. The van der Waals surface area contributed by atoms with Crippen molar-refractivity contribution in [2.24, 2.45) is 5.73 Å². The van der Waals surface area contributed by atoms with Crippen molar-refractivity contribution in [2.45, 2.75) is 38.7 Å². The van der Waals surface area contributed by atoms with Crippen molar-refractivity contribution in [1.29, 1.82) is 0 Å². The van der Waals surface area contributed by atoms with Crippen molar-refractivity contribution >= 4 is 15.9 Å². The summed E-state index contributed by atoms with van der Waals surface area (Å²) in [6, 6.07) is 8.25. The quantitative estimate of drug-likeness (QED) is 0.900. The third kappa shape index (κ3) is 5.19. The summed E-state index contributed by atoms with van der Waals surface area (Å²) in [5.41, 5.74) is 7.04. The maximum atomic E-state index is 5.85. The number of benzene rings is 1. The Kier molecular flexibility index (Phi) is 5.63. The maximum Gasteiger partial charge on any atom is 0.0598 e. The molecule has 0 aliphatic carbocycles. The molecule has 0 fully saturated rings. The van der Waals surface area contributed by atoms with Crippen molar-refractivity contribution in [3.8, 4) is 0 Å². The van der Waals surface area contributed by atoms with Gasteiger partial charge in [0.2, 0.25) is 0 Å². The molecule has 3 heteroatoms. The Hall–Kier alpha value is -0.380. The second-order valence-corrected chi connectivity index (χ2v) is 6.06. The van der Waals surface area contributed by atoms with Gasteiger partial charge >= 0.3 is 0 Å². The topological polar surface area (TPSA) is 35.2 Å². The molecular formula is C14H22BrNO. The molecule has 0 amide bonds. The van der Waals surface area contributed by atoms with Gasteiger partial charge in [0.15, 0.2) is 0 Å². The highest BCUT2D eigenvalue weighted by Gasteiger charge is 2.15. The normalized spacial score (nSPS) is 13.7. The molecule has 0 aromatic heterocycles. The van der Waals surface area contributed by atoms with Gasteiger partial charge in [-0.3, -0.25) is 0 Å². The third-order valence-electron chi connectivity index (χ3n) is 2.63. The van der Waals surface area contributed by atoms with Gasteiger partial charge in [0.1, 0.15) is 0 Å². The van der Waals surface area contributed by atoms with Crippen molar-refractivity contribution in [3.05, 3.63) is 34.3 Å². The molecule has 0 saturated carbocycles. The van der Waals surface area contributed by atoms with E-state index in [0.717, 1.165) is 17.5 Å². The van der Waals surface area contributed by atoms with Gasteiger partial charge in [-0.25, -0.2) is 0 Å². The van der Waals surface area contributed by atoms with Crippen LogP contribution in [0.2, 0.25) is 0 Å². The van der Waals surface area contributed by atoms with Gasteiger partial charge < -0.3 is 10.5 Å². The van der Waals surface area contributed by atoms with Crippen LogP contribution in [-0.4, -0.2) is 18.8 Å². The Morgan fingerprint density at radius 3 is 2.47 bits per heavy atom. The monoisotopic (exact) mass is 299 g/mol. The van der Waals surface area contributed by atoms with Crippen LogP contribution >= 0.6 is 15.9 Å². The molecule has 0 heterocycles. The first-order chi connectivity index (χ1) is 7.94. The van der Waals surface area contributed by atoms with Crippen LogP contribution in [0.3, 0.4) is 0 Å². The second-order valence-electron chi connectivity index (χ2n) is 5.20. The molecule has 0 saturated heterocycles. The molecular weight excluding hydrogens is 278 g/mol. The summed E-state index contributed by atoms with van der Waals surface area (Å²) in [6.07, 6.45) is 0.955. The predicted molar refractivity (Wildman–Crippen MR) is 76.3 cm³/mol. The molecule has 1 atom stereocenters. The van der Waals surface area contributed by atoms with E-state index >= 15 is 0 Å². The summed E-state index contributed by atoms with van der Waals surface area (Å²) < 4.78 is 6.88.